The highest BCUT2D eigenvalue weighted by Crippen LogP contribution is 2.06. The number of nitrogens with one attached hydrogen (secondary N) is 2. The highest BCUT2D eigenvalue weighted by atomic mass is 127. The number of carbonyl (C=O) groups excluding carboxylic acids is 1. The Labute approximate surface area is 175 Å². The molecule has 0 aliphatic rings. The van der Waals surface area contributed by atoms with Gasteiger partial charge in [0.05, 0.1) is 6.54 Å². The van der Waals surface area contributed by atoms with Crippen molar-refractivity contribution in [2.45, 2.75) is 39.2 Å². The van der Waals surface area contributed by atoms with Crippen molar-refractivity contribution in [1.29, 1.82) is 0 Å². The van der Waals surface area contributed by atoms with E-state index in [1.54, 1.807) is 0 Å². The van der Waals surface area contributed by atoms with Crippen LogP contribution in [-0.2, 0) is 6.54 Å². The van der Waals surface area contributed by atoms with Gasteiger partial charge in [-0.1, -0.05) is 38.3 Å². The summed E-state index contributed by atoms with van der Waals surface area (Å²) in [6.45, 7) is 4.95. The monoisotopic (exact) mass is 475 g/mol. The summed E-state index contributed by atoms with van der Waals surface area (Å²) < 4.78 is 0. The largest absolute Gasteiger partial charge is 0.370 e. The van der Waals surface area contributed by atoms with E-state index in [1.165, 1.54) is 19.3 Å². The second kappa shape index (κ2) is 14.8. The zero-order chi connectivity index (χ0) is 18.5. The summed E-state index contributed by atoms with van der Waals surface area (Å²) in [6.07, 6.45) is 4.79. The molecule has 0 aliphatic heterocycles. The Morgan fingerprint density at radius 2 is 1.92 bits per heavy atom. The molecule has 0 saturated carbocycles. The predicted octanol–water partition coefficient (Wildman–Crippen LogP) is 2.58. The standard InChI is InChI=1S/C19H33N5O.HI/c1-4-5-6-7-11-22-19(20)23-15-16-9-8-10-17(14-16)18(25)21-12-13-24(2)3;/h8-10,14H,4-7,11-13,15H2,1-3H3,(H,21,25)(H3,20,22,23);1H. The fourth-order valence-electron chi connectivity index (χ4n) is 2.31. The number of nitrogens with two attached hydrogens (primary N) is 1. The molecule has 0 aromatic heterocycles. The fourth-order valence-corrected chi connectivity index (χ4v) is 2.31. The van der Waals surface area contributed by atoms with E-state index >= 15 is 0 Å². The van der Waals surface area contributed by atoms with Gasteiger partial charge < -0.3 is 21.3 Å². The van der Waals surface area contributed by atoms with Crippen molar-refractivity contribution in [1.82, 2.24) is 15.5 Å². The molecule has 4 N–H and O–H groups in total. The van der Waals surface area contributed by atoms with Crippen LogP contribution in [0.25, 0.3) is 0 Å². The SMILES string of the molecule is CCCCCCNC(N)=NCc1cccc(C(=O)NCCN(C)C)c1.I. The lowest BCUT2D eigenvalue weighted by Crippen LogP contribution is -2.32. The maximum atomic E-state index is 12.1. The van der Waals surface area contributed by atoms with Crippen LogP contribution in [0.1, 0.15) is 48.5 Å². The third-order valence-electron chi connectivity index (χ3n) is 3.80. The number of hydrogen-bond acceptors (Lipinski definition) is 3. The molecule has 148 valence electrons. The summed E-state index contributed by atoms with van der Waals surface area (Å²) in [7, 11) is 3.96. The Hall–Kier alpha value is -1.35. The first-order chi connectivity index (χ1) is 12.0. The number of benzene rings is 1. The topological polar surface area (TPSA) is 82.7 Å². The number of hydrogen-bond donors (Lipinski definition) is 3. The van der Waals surface area contributed by atoms with Crippen LogP contribution in [0.15, 0.2) is 29.3 Å². The molecular formula is C19H34IN5O. The van der Waals surface area contributed by atoms with Gasteiger partial charge in [-0.2, -0.15) is 0 Å². The highest BCUT2D eigenvalue weighted by Gasteiger charge is 2.05. The molecule has 0 radical (unpaired) electrons. The summed E-state index contributed by atoms with van der Waals surface area (Å²) in [6, 6.07) is 7.51. The van der Waals surface area contributed by atoms with Crippen LogP contribution in [0.2, 0.25) is 0 Å². The van der Waals surface area contributed by atoms with Crippen molar-refractivity contribution in [3.05, 3.63) is 35.4 Å². The van der Waals surface area contributed by atoms with E-state index < -0.39 is 0 Å². The molecule has 0 saturated heterocycles. The van der Waals surface area contributed by atoms with Crippen molar-refractivity contribution in [2.75, 3.05) is 33.7 Å². The molecule has 1 rings (SSSR count). The molecule has 26 heavy (non-hydrogen) atoms. The van der Waals surface area contributed by atoms with E-state index in [9.17, 15) is 4.79 Å². The summed E-state index contributed by atoms with van der Waals surface area (Å²) in [5.74, 6) is 0.395. The zero-order valence-electron chi connectivity index (χ0n) is 16.3. The van der Waals surface area contributed by atoms with Crippen LogP contribution < -0.4 is 16.4 Å². The first-order valence-corrected chi connectivity index (χ1v) is 9.08. The number of amides is 1. The Morgan fingerprint density at radius 3 is 2.62 bits per heavy atom. The van der Waals surface area contributed by atoms with Gasteiger partial charge in [0.25, 0.3) is 5.91 Å². The molecule has 1 aromatic rings. The van der Waals surface area contributed by atoms with Crippen molar-refractivity contribution < 1.29 is 4.79 Å². The van der Waals surface area contributed by atoms with Crippen LogP contribution in [-0.4, -0.2) is 50.5 Å². The van der Waals surface area contributed by atoms with E-state index in [0.717, 1.165) is 25.1 Å². The Morgan fingerprint density at radius 1 is 1.15 bits per heavy atom. The van der Waals surface area contributed by atoms with Gasteiger partial charge in [-0.3, -0.25) is 4.79 Å². The molecule has 1 aromatic carbocycles. The minimum Gasteiger partial charge on any atom is -0.370 e. The van der Waals surface area contributed by atoms with Gasteiger partial charge in [0.2, 0.25) is 0 Å². The van der Waals surface area contributed by atoms with Gasteiger partial charge >= 0.3 is 0 Å². The van der Waals surface area contributed by atoms with Gasteiger partial charge in [0, 0.05) is 25.2 Å². The second-order valence-electron chi connectivity index (χ2n) is 6.45. The molecule has 0 bridgehead atoms. The van der Waals surface area contributed by atoms with E-state index in [-0.39, 0.29) is 29.9 Å². The lowest BCUT2D eigenvalue weighted by Gasteiger charge is -2.11. The molecule has 6 nitrogen and oxygen atoms in total. The molecule has 0 atom stereocenters. The Balaban J connectivity index is 0.00000625. The van der Waals surface area contributed by atoms with Crippen LogP contribution >= 0.6 is 24.0 Å². The minimum absolute atomic E-state index is 0. The number of aliphatic imine (C=N–C) groups is 1. The first-order valence-electron chi connectivity index (χ1n) is 9.08. The van der Waals surface area contributed by atoms with Gasteiger partial charge in [-0.15, -0.1) is 24.0 Å². The number of unbranched alkanes of at least 4 members (excludes halogenated alkanes) is 3. The van der Waals surface area contributed by atoms with Crippen molar-refractivity contribution in [3.63, 3.8) is 0 Å². The molecule has 1 amide bonds. The molecule has 0 fully saturated rings. The Bertz CT molecular complexity index is 548. The van der Waals surface area contributed by atoms with Gasteiger partial charge in [0.1, 0.15) is 0 Å². The predicted molar refractivity (Wildman–Crippen MR) is 120 cm³/mol. The molecule has 7 heteroatoms. The maximum Gasteiger partial charge on any atom is 0.251 e. The van der Waals surface area contributed by atoms with Crippen LogP contribution in [0.5, 0.6) is 0 Å². The van der Waals surface area contributed by atoms with E-state index in [1.807, 2.05) is 43.3 Å². The van der Waals surface area contributed by atoms with Crippen LogP contribution in [0, 0.1) is 0 Å². The van der Waals surface area contributed by atoms with Crippen LogP contribution in [0.3, 0.4) is 0 Å². The average molecular weight is 475 g/mol. The number of nitrogens with zero attached hydrogens (tertiary/aromatic N) is 2. The van der Waals surface area contributed by atoms with Gasteiger partial charge in [-0.05, 0) is 38.2 Å². The highest BCUT2D eigenvalue weighted by molar-refractivity contribution is 14.0. The van der Waals surface area contributed by atoms with E-state index in [2.05, 4.69) is 22.5 Å². The number of carbonyl (C=O) groups is 1. The van der Waals surface area contributed by atoms with Crippen molar-refractivity contribution in [3.8, 4) is 0 Å². The normalized spacial score (nSPS) is 11.2. The maximum absolute atomic E-state index is 12.1. The summed E-state index contributed by atoms with van der Waals surface area (Å²) >= 11 is 0. The molecule has 0 heterocycles. The van der Waals surface area contributed by atoms with Gasteiger partial charge in [0.15, 0.2) is 5.96 Å². The summed E-state index contributed by atoms with van der Waals surface area (Å²) in [4.78, 5) is 18.5. The molecule has 0 spiro atoms. The van der Waals surface area contributed by atoms with Gasteiger partial charge in [-0.25, -0.2) is 4.99 Å². The fraction of sp³-hybridized carbons (Fsp3) is 0.579. The molecular weight excluding hydrogens is 441 g/mol. The quantitative estimate of drug-likeness (QED) is 0.199. The summed E-state index contributed by atoms with van der Waals surface area (Å²) in [5, 5.41) is 6.04. The number of guanidine groups is 1. The number of rotatable bonds is 11. The molecule has 0 aliphatic carbocycles. The van der Waals surface area contributed by atoms with E-state index in [4.69, 9.17) is 5.73 Å². The minimum atomic E-state index is -0.0605. The lowest BCUT2D eigenvalue weighted by molar-refractivity contribution is 0.0951. The lowest BCUT2D eigenvalue weighted by atomic mass is 10.1. The summed E-state index contributed by atoms with van der Waals surface area (Å²) in [5.41, 5.74) is 7.50. The number of halogens is 1. The zero-order valence-corrected chi connectivity index (χ0v) is 18.6. The number of likely N-dealkylation sites (N-methyl/N-ethyl adjacent to an activating group) is 1. The Kier molecular flexibility index (Phi) is 14.0. The smallest absolute Gasteiger partial charge is 0.251 e. The van der Waals surface area contributed by atoms with Crippen molar-refractivity contribution in [2.24, 2.45) is 10.7 Å². The third kappa shape index (κ3) is 11.3. The van der Waals surface area contributed by atoms with E-state index in [0.29, 0.717) is 24.6 Å². The third-order valence-corrected chi connectivity index (χ3v) is 3.80. The van der Waals surface area contributed by atoms with Crippen molar-refractivity contribution >= 4 is 35.8 Å². The second-order valence-corrected chi connectivity index (χ2v) is 6.45. The average Bonchev–Trinajstić information content (AvgIpc) is 2.59. The first kappa shape index (κ1) is 24.7. The van der Waals surface area contributed by atoms with Crippen LogP contribution in [0.4, 0.5) is 0 Å². The molecule has 0 unspecified atom stereocenters.